The average Bonchev–Trinajstić information content (AvgIpc) is 3.31. The molecule has 2 aliphatic rings. The largest absolute Gasteiger partial charge is 0.360 e. The highest BCUT2D eigenvalue weighted by molar-refractivity contribution is 7.14. The van der Waals surface area contributed by atoms with Gasteiger partial charge in [0.05, 0.1) is 5.00 Å². The van der Waals surface area contributed by atoms with Crippen LogP contribution in [0.1, 0.15) is 18.1 Å². The molecule has 1 N–H and O–H groups in total. The quantitative estimate of drug-likeness (QED) is 0.620. The van der Waals surface area contributed by atoms with Crippen LogP contribution in [0.25, 0.3) is 0 Å². The smallest absolute Gasteiger partial charge is 0.244 e. The summed E-state index contributed by atoms with van der Waals surface area (Å²) in [6, 6.07) is 12.7. The molecule has 154 valence electrons. The Labute approximate surface area is 176 Å². The lowest BCUT2D eigenvalue weighted by molar-refractivity contribution is -0.130. The van der Waals surface area contributed by atoms with Crippen LogP contribution in [0.15, 0.2) is 46.8 Å². The molecule has 0 unspecified atom stereocenters. The zero-order valence-corrected chi connectivity index (χ0v) is 17.8. The highest BCUT2D eigenvalue weighted by Gasteiger charge is 2.22. The first kappa shape index (κ1) is 19.8. The van der Waals surface area contributed by atoms with Gasteiger partial charge in [-0.1, -0.05) is 24.3 Å². The van der Waals surface area contributed by atoms with Crippen LogP contribution in [-0.4, -0.2) is 67.5 Å². The monoisotopic (exact) mass is 411 g/mol. The van der Waals surface area contributed by atoms with Crippen molar-refractivity contribution in [1.29, 1.82) is 0 Å². The predicted molar refractivity (Wildman–Crippen MR) is 120 cm³/mol. The van der Waals surface area contributed by atoms with E-state index in [0.29, 0.717) is 6.54 Å². The standard InChI is InChI=1S/C22H29N5OS/c1-2-23-22(26-13-11-25(12-14-26)21-8-5-15-29-21)24-16-20(28)27-10-9-18-6-3-4-7-19(18)17-27/h3-8,15H,2,9-14,16-17H2,1H3,(H,23,24). The van der Waals surface area contributed by atoms with Gasteiger partial charge in [-0.05, 0) is 42.0 Å². The third kappa shape index (κ3) is 4.72. The number of fused-ring (bicyclic) bond motifs is 1. The van der Waals surface area contributed by atoms with Crippen molar-refractivity contribution >= 4 is 28.2 Å². The molecule has 2 aromatic rings. The number of nitrogens with one attached hydrogen (secondary N) is 1. The summed E-state index contributed by atoms with van der Waals surface area (Å²) in [5.74, 6) is 0.955. The van der Waals surface area contributed by atoms with E-state index in [1.165, 1.54) is 16.1 Å². The number of aliphatic imine (C=N–C) groups is 1. The summed E-state index contributed by atoms with van der Waals surface area (Å²) in [6.45, 7) is 8.32. The predicted octanol–water partition coefficient (Wildman–Crippen LogP) is 2.42. The number of guanidine groups is 1. The Morgan fingerprint density at radius 2 is 1.83 bits per heavy atom. The van der Waals surface area contributed by atoms with E-state index in [1.54, 1.807) is 11.3 Å². The number of benzene rings is 1. The maximum Gasteiger partial charge on any atom is 0.244 e. The molecular weight excluding hydrogens is 382 g/mol. The van der Waals surface area contributed by atoms with Gasteiger partial charge in [0.2, 0.25) is 5.91 Å². The summed E-state index contributed by atoms with van der Waals surface area (Å²) in [5.41, 5.74) is 2.62. The molecule has 1 aromatic heterocycles. The van der Waals surface area contributed by atoms with Gasteiger partial charge in [-0.2, -0.15) is 0 Å². The number of piperazine rings is 1. The number of amides is 1. The van der Waals surface area contributed by atoms with Gasteiger partial charge < -0.3 is 20.0 Å². The summed E-state index contributed by atoms with van der Waals surface area (Å²) in [7, 11) is 0. The molecule has 7 heteroatoms. The second kappa shape index (κ2) is 9.31. The molecule has 4 rings (SSSR count). The molecule has 0 aliphatic carbocycles. The Morgan fingerprint density at radius 1 is 1.03 bits per heavy atom. The number of hydrogen-bond donors (Lipinski definition) is 1. The Kier molecular flexibility index (Phi) is 6.34. The summed E-state index contributed by atoms with van der Waals surface area (Å²) in [5, 5.41) is 6.81. The van der Waals surface area contributed by atoms with Crippen LogP contribution in [0.4, 0.5) is 5.00 Å². The van der Waals surface area contributed by atoms with Gasteiger partial charge in [-0.15, -0.1) is 11.3 Å². The van der Waals surface area contributed by atoms with E-state index in [0.717, 1.165) is 51.6 Å². The van der Waals surface area contributed by atoms with Crippen LogP contribution in [0.5, 0.6) is 0 Å². The van der Waals surface area contributed by atoms with Crippen molar-refractivity contribution in [2.45, 2.75) is 19.9 Å². The lowest BCUT2D eigenvalue weighted by atomic mass is 10.00. The van der Waals surface area contributed by atoms with Crippen molar-refractivity contribution in [3.63, 3.8) is 0 Å². The van der Waals surface area contributed by atoms with Crippen molar-refractivity contribution in [3.05, 3.63) is 52.9 Å². The minimum atomic E-state index is 0.104. The summed E-state index contributed by atoms with van der Waals surface area (Å²) in [6.07, 6.45) is 0.927. The van der Waals surface area contributed by atoms with Gasteiger partial charge in [-0.3, -0.25) is 4.79 Å². The van der Waals surface area contributed by atoms with Gasteiger partial charge in [0.15, 0.2) is 5.96 Å². The zero-order chi connectivity index (χ0) is 20.1. The third-order valence-corrected chi connectivity index (χ3v) is 6.51. The van der Waals surface area contributed by atoms with Gasteiger partial charge in [0, 0.05) is 45.8 Å². The molecule has 1 amide bonds. The van der Waals surface area contributed by atoms with Gasteiger partial charge in [-0.25, -0.2) is 4.99 Å². The molecule has 2 aliphatic heterocycles. The zero-order valence-electron chi connectivity index (χ0n) is 17.0. The van der Waals surface area contributed by atoms with Crippen LogP contribution >= 0.6 is 11.3 Å². The van der Waals surface area contributed by atoms with E-state index in [2.05, 4.69) is 62.7 Å². The highest BCUT2D eigenvalue weighted by atomic mass is 32.1. The van der Waals surface area contributed by atoms with Crippen molar-refractivity contribution in [2.24, 2.45) is 4.99 Å². The molecule has 0 radical (unpaired) electrons. The van der Waals surface area contributed by atoms with Crippen LogP contribution in [-0.2, 0) is 17.8 Å². The second-order valence-electron chi connectivity index (χ2n) is 7.43. The molecular formula is C22H29N5OS. The fourth-order valence-corrected chi connectivity index (χ4v) is 4.75. The lowest BCUT2D eigenvalue weighted by Gasteiger charge is -2.37. The first-order chi connectivity index (χ1) is 14.2. The molecule has 0 saturated carbocycles. The van der Waals surface area contributed by atoms with E-state index in [4.69, 9.17) is 0 Å². The molecule has 1 saturated heterocycles. The fourth-order valence-electron chi connectivity index (χ4n) is 3.97. The second-order valence-corrected chi connectivity index (χ2v) is 8.36. The molecule has 0 bridgehead atoms. The van der Waals surface area contributed by atoms with Gasteiger partial charge in [0.25, 0.3) is 0 Å². The van der Waals surface area contributed by atoms with E-state index in [1.807, 2.05) is 11.0 Å². The van der Waals surface area contributed by atoms with Gasteiger partial charge in [0.1, 0.15) is 6.54 Å². The Hall–Kier alpha value is -2.54. The van der Waals surface area contributed by atoms with Crippen LogP contribution in [0.2, 0.25) is 0 Å². The number of hydrogen-bond acceptors (Lipinski definition) is 4. The number of nitrogens with zero attached hydrogens (tertiary/aromatic N) is 4. The topological polar surface area (TPSA) is 51.2 Å². The van der Waals surface area contributed by atoms with Gasteiger partial charge >= 0.3 is 0 Å². The average molecular weight is 412 g/mol. The van der Waals surface area contributed by atoms with Crippen LogP contribution < -0.4 is 10.2 Å². The molecule has 0 atom stereocenters. The first-order valence-corrected chi connectivity index (χ1v) is 11.3. The van der Waals surface area contributed by atoms with E-state index < -0.39 is 0 Å². The number of thiophene rings is 1. The first-order valence-electron chi connectivity index (χ1n) is 10.4. The fraction of sp³-hybridized carbons (Fsp3) is 0.455. The number of carbonyl (C=O) groups is 1. The SMILES string of the molecule is CCNC(=NCC(=O)N1CCc2ccccc2C1)N1CCN(c2cccs2)CC1. The van der Waals surface area contributed by atoms with E-state index in [-0.39, 0.29) is 12.5 Å². The molecule has 1 fully saturated rings. The molecule has 0 spiro atoms. The normalized spacial score (nSPS) is 17.3. The molecule has 6 nitrogen and oxygen atoms in total. The highest BCUT2D eigenvalue weighted by Crippen LogP contribution is 2.22. The molecule has 3 heterocycles. The lowest BCUT2D eigenvalue weighted by Crippen LogP contribution is -2.52. The minimum absolute atomic E-state index is 0.104. The van der Waals surface area contributed by atoms with Crippen molar-refractivity contribution < 1.29 is 4.79 Å². The Morgan fingerprint density at radius 3 is 2.55 bits per heavy atom. The maximum absolute atomic E-state index is 12.8. The van der Waals surface area contributed by atoms with Crippen LogP contribution in [0, 0.1) is 0 Å². The van der Waals surface area contributed by atoms with Crippen molar-refractivity contribution in [3.8, 4) is 0 Å². The Bertz CT molecular complexity index is 843. The van der Waals surface area contributed by atoms with E-state index >= 15 is 0 Å². The Balaban J connectivity index is 1.34. The number of rotatable bonds is 4. The summed E-state index contributed by atoms with van der Waals surface area (Å²) < 4.78 is 0. The number of anilines is 1. The number of carbonyl (C=O) groups excluding carboxylic acids is 1. The van der Waals surface area contributed by atoms with Crippen molar-refractivity contribution in [2.75, 3.05) is 50.7 Å². The molecule has 1 aromatic carbocycles. The third-order valence-electron chi connectivity index (χ3n) is 5.58. The summed E-state index contributed by atoms with van der Waals surface area (Å²) >= 11 is 1.79. The maximum atomic E-state index is 12.8. The minimum Gasteiger partial charge on any atom is -0.360 e. The van der Waals surface area contributed by atoms with Crippen molar-refractivity contribution in [1.82, 2.24) is 15.1 Å². The summed E-state index contributed by atoms with van der Waals surface area (Å²) in [4.78, 5) is 24.1. The molecule has 29 heavy (non-hydrogen) atoms. The van der Waals surface area contributed by atoms with Crippen LogP contribution in [0.3, 0.4) is 0 Å². The van der Waals surface area contributed by atoms with E-state index in [9.17, 15) is 4.79 Å².